The number of hydrogen-bond donors (Lipinski definition) is 0. The van der Waals surface area contributed by atoms with E-state index < -0.39 is 0 Å². The van der Waals surface area contributed by atoms with Gasteiger partial charge in [0.05, 0.1) is 11.4 Å². The predicted molar refractivity (Wildman–Crippen MR) is 68.3 cm³/mol. The number of nitrogens with zero attached hydrogens (tertiary/aromatic N) is 3. The smallest absolute Gasteiger partial charge is 0.150 e. The first kappa shape index (κ1) is 12.3. The Morgan fingerprint density at radius 2 is 2.06 bits per heavy atom. The normalized spacial score (nSPS) is 17.5. The molecule has 0 aliphatic carbocycles. The topological polar surface area (TPSA) is 38.2 Å². The van der Waals surface area contributed by atoms with Crippen molar-refractivity contribution in [2.45, 2.75) is 26.7 Å². The van der Waals surface area contributed by atoms with Crippen molar-refractivity contribution in [1.29, 1.82) is 0 Å². The SMILES string of the molecule is COCC1CCN(c2nc(C)cnc2C)CC1. The summed E-state index contributed by atoms with van der Waals surface area (Å²) < 4.78 is 5.22. The summed E-state index contributed by atoms with van der Waals surface area (Å²) in [7, 11) is 1.78. The zero-order valence-corrected chi connectivity index (χ0v) is 10.9. The number of aryl methyl sites for hydroxylation is 2. The van der Waals surface area contributed by atoms with Crippen LogP contribution in [0.4, 0.5) is 5.82 Å². The van der Waals surface area contributed by atoms with Gasteiger partial charge in [-0.3, -0.25) is 4.98 Å². The maximum Gasteiger partial charge on any atom is 0.150 e. The van der Waals surface area contributed by atoms with Crippen LogP contribution in [0.2, 0.25) is 0 Å². The van der Waals surface area contributed by atoms with E-state index in [1.54, 1.807) is 7.11 Å². The third-order valence-corrected chi connectivity index (χ3v) is 3.37. The molecule has 0 unspecified atom stereocenters. The Hall–Kier alpha value is -1.16. The zero-order chi connectivity index (χ0) is 12.3. The number of aromatic nitrogens is 2. The lowest BCUT2D eigenvalue weighted by atomic mass is 9.98. The van der Waals surface area contributed by atoms with Gasteiger partial charge in [0.1, 0.15) is 5.82 Å². The van der Waals surface area contributed by atoms with Crippen LogP contribution in [0, 0.1) is 19.8 Å². The molecule has 0 amide bonds. The third-order valence-electron chi connectivity index (χ3n) is 3.37. The summed E-state index contributed by atoms with van der Waals surface area (Å²) in [5.41, 5.74) is 2.02. The van der Waals surface area contributed by atoms with Gasteiger partial charge in [0.2, 0.25) is 0 Å². The summed E-state index contributed by atoms with van der Waals surface area (Å²) in [4.78, 5) is 11.3. The molecular formula is C13H21N3O. The second-order valence-corrected chi connectivity index (χ2v) is 4.81. The molecule has 1 fully saturated rings. The molecule has 17 heavy (non-hydrogen) atoms. The number of piperidine rings is 1. The molecule has 4 nitrogen and oxygen atoms in total. The average molecular weight is 235 g/mol. The first-order valence-corrected chi connectivity index (χ1v) is 6.25. The van der Waals surface area contributed by atoms with Gasteiger partial charge in [-0.1, -0.05) is 0 Å². The molecular weight excluding hydrogens is 214 g/mol. The minimum Gasteiger partial charge on any atom is -0.384 e. The van der Waals surface area contributed by atoms with Gasteiger partial charge in [-0.15, -0.1) is 0 Å². The molecule has 94 valence electrons. The first-order chi connectivity index (χ1) is 8.20. The molecule has 1 aliphatic rings. The summed E-state index contributed by atoms with van der Waals surface area (Å²) in [6.07, 6.45) is 4.20. The molecule has 1 saturated heterocycles. The largest absolute Gasteiger partial charge is 0.384 e. The molecule has 0 bridgehead atoms. The predicted octanol–water partition coefficient (Wildman–Crippen LogP) is 1.96. The van der Waals surface area contributed by atoms with Crippen molar-refractivity contribution in [2.75, 3.05) is 31.7 Å². The van der Waals surface area contributed by atoms with Crippen molar-refractivity contribution in [3.8, 4) is 0 Å². The van der Waals surface area contributed by atoms with E-state index in [-0.39, 0.29) is 0 Å². The van der Waals surface area contributed by atoms with E-state index in [1.165, 1.54) is 12.8 Å². The highest BCUT2D eigenvalue weighted by Gasteiger charge is 2.21. The summed E-state index contributed by atoms with van der Waals surface area (Å²) in [5, 5.41) is 0. The molecule has 1 aromatic heterocycles. The average Bonchev–Trinajstić information content (AvgIpc) is 2.34. The van der Waals surface area contributed by atoms with Crippen LogP contribution in [0.15, 0.2) is 6.20 Å². The number of methoxy groups -OCH3 is 1. The summed E-state index contributed by atoms with van der Waals surface area (Å²) in [6, 6.07) is 0. The van der Waals surface area contributed by atoms with Gasteiger partial charge in [0.25, 0.3) is 0 Å². The van der Waals surface area contributed by atoms with Crippen LogP contribution in [0.25, 0.3) is 0 Å². The van der Waals surface area contributed by atoms with Gasteiger partial charge in [-0.25, -0.2) is 4.98 Å². The molecule has 1 aromatic rings. The van der Waals surface area contributed by atoms with Crippen LogP contribution in [-0.2, 0) is 4.74 Å². The number of hydrogen-bond acceptors (Lipinski definition) is 4. The maximum atomic E-state index is 5.22. The summed E-state index contributed by atoms with van der Waals surface area (Å²) >= 11 is 0. The van der Waals surface area contributed by atoms with E-state index >= 15 is 0 Å². The van der Waals surface area contributed by atoms with E-state index in [0.29, 0.717) is 5.92 Å². The van der Waals surface area contributed by atoms with Crippen molar-refractivity contribution in [2.24, 2.45) is 5.92 Å². The van der Waals surface area contributed by atoms with E-state index in [1.807, 2.05) is 20.0 Å². The second kappa shape index (κ2) is 5.45. The molecule has 0 aromatic carbocycles. The Bertz CT molecular complexity index is 373. The Morgan fingerprint density at radius 1 is 1.35 bits per heavy atom. The van der Waals surface area contributed by atoms with Gasteiger partial charge in [0, 0.05) is 33.0 Å². The van der Waals surface area contributed by atoms with Crippen molar-refractivity contribution in [3.05, 3.63) is 17.6 Å². The fourth-order valence-corrected chi connectivity index (χ4v) is 2.37. The molecule has 2 rings (SSSR count). The van der Waals surface area contributed by atoms with Crippen LogP contribution in [0.3, 0.4) is 0 Å². The van der Waals surface area contributed by atoms with Crippen LogP contribution >= 0.6 is 0 Å². The minimum atomic E-state index is 0.703. The van der Waals surface area contributed by atoms with Gasteiger partial charge < -0.3 is 9.64 Å². The molecule has 0 atom stereocenters. The summed E-state index contributed by atoms with van der Waals surface area (Å²) in [6.45, 7) is 7.03. The lowest BCUT2D eigenvalue weighted by Gasteiger charge is -2.33. The van der Waals surface area contributed by atoms with E-state index in [0.717, 1.165) is 36.9 Å². The molecule has 2 heterocycles. The lowest BCUT2D eigenvalue weighted by molar-refractivity contribution is 0.139. The standard InChI is InChI=1S/C13H21N3O/c1-10-8-14-11(2)13(15-10)16-6-4-12(5-7-16)9-17-3/h8,12H,4-7,9H2,1-3H3. The molecule has 0 spiro atoms. The Kier molecular flexibility index (Phi) is 3.94. The van der Waals surface area contributed by atoms with E-state index in [2.05, 4.69) is 14.9 Å². The van der Waals surface area contributed by atoms with E-state index in [9.17, 15) is 0 Å². The van der Waals surface area contributed by atoms with Crippen LogP contribution in [-0.4, -0.2) is 36.8 Å². The first-order valence-electron chi connectivity index (χ1n) is 6.25. The van der Waals surface area contributed by atoms with Crippen LogP contribution in [0.1, 0.15) is 24.2 Å². The van der Waals surface area contributed by atoms with Gasteiger partial charge in [0.15, 0.2) is 0 Å². The Balaban J connectivity index is 2.02. The molecule has 0 N–H and O–H groups in total. The molecule has 4 heteroatoms. The Morgan fingerprint density at radius 3 is 2.71 bits per heavy atom. The highest BCUT2D eigenvalue weighted by Crippen LogP contribution is 2.23. The number of ether oxygens (including phenoxy) is 1. The number of rotatable bonds is 3. The van der Waals surface area contributed by atoms with Crippen molar-refractivity contribution < 1.29 is 4.74 Å². The van der Waals surface area contributed by atoms with Gasteiger partial charge in [-0.2, -0.15) is 0 Å². The van der Waals surface area contributed by atoms with Crippen LogP contribution in [0.5, 0.6) is 0 Å². The molecule has 0 saturated carbocycles. The zero-order valence-electron chi connectivity index (χ0n) is 10.9. The van der Waals surface area contributed by atoms with Crippen molar-refractivity contribution in [1.82, 2.24) is 9.97 Å². The quantitative estimate of drug-likeness (QED) is 0.802. The number of anilines is 1. The Labute approximate surface area is 103 Å². The van der Waals surface area contributed by atoms with Crippen molar-refractivity contribution in [3.63, 3.8) is 0 Å². The highest BCUT2D eigenvalue weighted by molar-refractivity contribution is 5.43. The summed E-state index contributed by atoms with van der Waals surface area (Å²) in [5.74, 6) is 1.76. The van der Waals surface area contributed by atoms with E-state index in [4.69, 9.17) is 4.74 Å². The molecule has 1 aliphatic heterocycles. The fourth-order valence-electron chi connectivity index (χ4n) is 2.37. The second-order valence-electron chi connectivity index (χ2n) is 4.81. The maximum absolute atomic E-state index is 5.22. The third kappa shape index (κ3) is 2.94. The lowest BCUT2D eigenvalue weighted by Crippen LogP contribution is -2.36. The monoisotopic (exact) mass is 235 g/mol. The van der Waals surface area contributed by atoms with Crippen LogP contribution < -0.4 is 4.90 Å². The minimum absolute atomic E-state index is 0.703. The van der Waals surface area contributed by atoms with Gasteiger partial charge >= 0.3 is 0 Å². The molecule has 0 radical (unpaired) electrons. The van der Waals surface area contributed by atoms with Gasteiger partial charge in [-0.05, 0) is 32.6 Å². The highest BCUT2D eigenvalue weighted by atomic mass is 16.5. The van der Waals surface area contributed by atoms with Crippen molar-refractivity contribution >= 4 is 5.82 Å². The fraction of sp³-hybridized carbons (Fsp3) is 0.692.